The number of nitrogens with one attached hydrogen (secondary N) is 1. The molecule has 3 aromatic carbocycles. The number of likely N-dealkylation sites (N-methyl/N-ethyl adjacent to an activating group) is 1. The van der Waals surface area contributed by atoms with E-state index < -0.39 is 21.9 Å². The number of benzene rings is 3. The molecule has 3 rings (SSSR count). The lowest BCUT2D eigenvalue weighted by Crippen LogP contribution is -2.49. The molecule has 0 aliphatic heterocycles. The molecule has 0 aliphatic carbocycles. The van der Waals surface area contributed by atoms with Gasteiger partial charge in [-0.1, -0.05) is 48.5 Å². The van der Waals surface area contributed by atoms with Crippen LogP contribution in [0.15, 0.2) is 72.8 Å². The fourth-order valence-corrected chi connectivity index (χ4v) is 5.55. The zero-order chi connectivity index (χ0) is 28.6. The number of aryl methyl sites for hydroxylation is 2. The lowest BCUT2D eigenvalue weighted by molar-refractivity contribution is -0.141. The normalized spacial score (nSPS) is 12.0. The van der Waals surface area contributed by atoms with E-state index in [1.54, 1.807) is 24.3 Å². The van der Waals surface area contributed by atoms with Crippen molar-refractivity contribution >= 4 is 27.5 Å². The van der Waals surface area contributed by atoms with E-state index in [0.29, 0.717) is 17.7 Å². The Labute approximate surface area is 230 Å². The molecule has 2 amide bonds. The summed E-state index contributed by atoms with van der Waals surface area (Å²) >= 11 is 0. The Morgan fingerprint density at radius 2 is 1.54 bits per heavy atom. The third-order valence-electron chi connectivity index (χ3n) is 6.43. The number of anilines is 1. The number of hydrogen-bond donors (Lipinski definition) is 1. The van der Waals surface area contributed by atoms with Crippen LogP contribution in [-0.4, -0.2) is 51.0 Å². The van der Waals surface area contributed by atoms with Crippen LogP contribution < -0.4 is 9.62 Å². The van der Waals surface area contributed by atoms with Crippen molar-refractivity contribution in [2.24, 2.45) is 0 Å². The predicted octanol–water partition coefficient (Wildman–Crippen LogP) is 4.37. The minimum Gasteiger partial charge on any atom is -0.357 e. The van der Waals surface area contributed by atoms with Crippen LogP contribution in [0.4, 0.5) is 10.1 Å². The summed E-state index contributed by atoms with van der Waals surface area (Å²) in [6.07, 6.45) is 1.73. The molecule has 0 spiro atoms. The molecular formula is C30H36FN3O4S. The molecule has 208 valence electrons. The third kappa shape index (κ3) is 8.64. The number of halogens is 1. The Bertz CT molecular complexity index is 1360. The van der Waals surface area contributed by atoms with Crippen molar-refractivity contribution in [3.63, 3.8) is 0 Å². The van der Waals surface area contributed by atoms with Crippen LogP contribution in [0.5, 0.6) is 0 Å². The fraction of sp³-hybridized carbons (Fsp3) is 0.333. The molecule has 0 saturated heterocycles. The maximum Gasteiger partial charge on any atom is 0.242 e. The van der Waals surface area contributed by atoms with Crippen molar-refractivity contribution < 1.29 is 22.4 Å². The first-order valence-electron chi connectivity index (χ1n) is 12.8. The van der Waals surface area contributed by atoms with E-state index in [1.807, 2.05) is 50.2 Å². The van der Waals surface area contributed by atoms with Crippen LogP contribution in [0.2, 0.25) is 0 Å². The van der Waals surface area contributed by atoms with Gasteiger partial charge in [-0.3, -0.25) is 13.9 Å². The zero-order valence-electron chi connectivity index (χ0n) is 22.9. The van der Waals surface area contributed by atoms with Crippen LogP contribution in [0.1, 0.15) is 35.1 Å². The Hall–Kier alpha value is -3.72. The summed E-state index contributed by atoms with van der Waals surface area (Å²) in [6.45, 7) is 4.02. The van der Waals surface area contributed by atoms with Crippen molar-refractivity contribution in [2.75, 3.05) is 24.2 Å². The van der Waals surface area contributed by atoms with E-state index in [0.717, 1.165) is 22.9 Å². The first kappa shape index (κ1) is 29.8. The second-order valence-electron chi connectivity index (χ2n) is 9.75. The van der Waals surface area contributed by atoms with Gasteiger partial charge in [0.2, 0.25) is 21.8 Å². The number of carbonyl (C=O) groups is 2. The van der Waals surface area contributed by atoms with Gasteiger partial charge in [-0.15, -0.1) is 0 Å². The smallest absolute Gasteiger partial charge is 0.242 e. The summed E-state index contributed by atoms with van der Waals surface area (Å²) in [7, 11) is -2.07. The highest BCUT2D eigenvalue weighted by atomic mass is 32.2. The summed E-state index contributed by atoms with van der Waals surface area (Å²) < 4.78 is 40.1. The molecule has 0 radical (unpaired) electrons. The number of amides is 2. The topological polar surface area (TPSA) is 86.8 Å². The molecule has 1 N–H and O–H groups in total. The molecule has 9 heteroatoms. The molecular weight excluding hydrogens is 517 g/mol. The lowest BCUT2D eigenvalue weighted by atomic mass is 10.0. The van der Waals surface area contributed by atoms with Gasteiger partial charge in [-0.2, -0.15) is 0 Å². The van der Waals surface area contributed by atoms with Crippen LogP contribution in [-0.2, 0) is 32.6 Å². The standard InChI is InChI=1S/C30H36FN3O4S/c1-22-17-23(2)19-27(18-22)34(39(4,37)38)16-8-11-29(35)33(21-25-12-14-26(31)15-13-25)28(30(36)32-3)20-24-9-6-5-7-10-24/h5-7,9-10,12-15,17-19,28H,8,11,16,20-21H2,1-4H3,(H,32,36). The number of hydrogen-bond acceptors (Lipinski definition) is 4. The van der Waals surface area contributed by atoms with Crippen molar-refractivity contribution in [3.8, 4) is 0 Å². The summed E-state index contributed by atoms with van der Waals surface area (Å²) in [5, 5.41) is 2.66. The van der Waals surface area contributed by atoms with Gasteiger partial charge in [0.05, 0.1) is 11.9 Å². The Morgan fingerprint density at radius 1 is 0.923 bits per heavy atom. The van der Waals surface area contributed by atoms with Crippen molar-refractivity contribution in [1.29, 1.82) is 0 Å². The molecule has 1 atom stereocenters. The molecule has 0 heterocycles. The van der Waals surface area contributed by atoms with E-state index in [1.165, 1.54) is 28.4 Å². The quantitative estimate of drug-likeness (QED) is 0.361. The lowest BCUT2D eigenvalue weighted by Gasteiger charge is -2.31. The van der Waals surface area contributed by atoms with E-state index in [4.69, 9.17) is 0 Å². The number of nitrogens with zero attached hydrogens (tertiary/aromatic N) is 2. The number of sulfonamides is 1. The highest BCUT2D eigenvalue weighted by molar-refractivity contribution is 7.92. The molecule has 0 fully saturated rings. The second-order valence-corrected chi connectivity index (χ2v) is 11.7. The van der Waals surface area contributed by atoms with Gasteiger partial charge in [-0.25, -0.2) is 12.8 Å². The second kappa shape index (κ2) is 13.4. The largest absolute Gasteiger partial charge is 0.357 e. The van der Waals surface area contributed by atoms with Gasteiger partial charge in [0, 0.05) is 33.0 Å². The van der Waals surface area contributed by atoms with Gasteiger partial charge in [0.15, 0.2) is 0 Å². The van der Waals surface area contributed by atoms with Crippen molar-refractivity contribution in [3.05, 3.63) is 101 Å². The molecule has 1 unspecified atom stereocenters. The number of carbonyl (C=O) groups excluding carboxylic acids is 2. The van der Waals surface area contributed by atoms with Gasteiger partial charge in [-0.05, 0) is 66.8 Å². The summed E-state index contributed by atoms with van der Waals surface area (Å²) in [5.41, 5.74) is 4.00. The van der Waals surface area contributed by atoms with Crippen LogP contribution in [0.3, 0.4) is 0 Å². The molecule has 0 aliphatic rings. The maximum atomic E-state index is 13.6. The van der Waals surface area contributed by atoms with Gasteiger partial charge < -0.3 is 10.2 Å². The van der Waals surface area contributed by atoms with Crippen LogP contribution >= 0.6 is 0 Å². The number of rotatable bonds is 12. The summed E-state index contributed by atoms with van der Waals surface area (Å²) in [5.74, 6) is -1.00. The third-order valence-corrected chi connectivity index (χ3v) is 7.62. The minimum absolute atomic E-state index is 0.0281. The maximum absolute atomic E-state index is 13.6. The Balaban J connectivity index is 1.85. The van der Waals surface area contributed by atoms with E-state index >= 15 is 0 Å². The molecule has 39 heavy (non-hydrogen) atoms. The van der Waals surface area contributed by atoms with E-state index in [9.17, 15) is 22.4 Å². The van der Waals surface area contributed by atoms with E-state index in [2.05, 4.69) is 5.32 Å². The minimum atomic E-state index is -3.59. The zero-order valence-corrected chi connectivity index (χ0v) is 23.7. The Kier molecular flexibility index (Phi) is 10.2. The van der Waals surface area contributed by atoms with Gasteiger partial charge in [0.1, 0.15) is 11.9 Å². The molecule has 3 aromatic rings. The highest BCUT2D eigenvalue weighted by Gasteiger charge is 2.30. The monoisotopic (exact) mass is 553 g/mol. The highest BCUT2D eigenvalue weighted by Crippen LogP contribution is 2.23. The first-order chi connectivity index (χ1) is 18.5. The van der Waals surface area contributed by atoms with E-state index in [-0.39, 0.29) is 37.7 Å². The average molecular weight is 554 g/mol. The van der Waals surface area contributed by atoms with Crippen LogP contribution in [0.25, 0.3) is 0 Å². The fourth-order valence-electron chi connectivity index (χ4n) is 4.61. The SMILES string of the molecule is CNC(=O)C(Cc1ccccc1)N(Cc1ccc(F)cc1)C(=O)CCCN(c1cc(C)cc(C)c1)S(C)(=O)=O. The predicted molar refractivity (Wildman–Crippen MR) is 152 cm³/mol. The van der Waals surface area contributed by atoms with Gasteiger partial charge in [0.25, 0.3) is 0 Å². The summed E-state index contributed by atoms with van der Waals surface area (Å²) in [6, 6.07) is 20.0. The van der Waals surface area contributed by atoms with Crippen LogP contribution in [0, 0.1) is 19.7 Å². The van der Waals surface area contributed by atoms with Crippen molar-refractivity contribution in [2.45, 2.75) is 45.7 Å². The molecule has 0 aromatic heterocycles. The average Bonchev–Trinajstić information content (AvgIpc) is 2.88. The Morgan fingerprint density at radius 3 is 2.10 bits per heavy atom. The molecule has 0 saturated carbocycles. The van der Waals surface area contributed by atoms with Crippen molar-refractivity contribution in [1.82, 2.24) is 10.2 Å². The first-order valence-corrected chi connectivity index (χ1v) is 14.7. The summed E-state index contributed by atoms with van der Waals surface area (Å²) in [4.78, 5) is 28.2. The molecule has 7 nitrogen and oxygen atoms in total. The van der Waals surface area contributed by atoms with Gasteiger partial charge >= 0.3 is 0 Å². The molecule has 0 bridgehead atoms.